The van der Waals surface area contributed by atoms with Crippen LogP contribution in [0, 0.1) is 20.8 Å². The summed E-state index contributed by atoms with van der Waals surface area (Å²) in [5.74, 6) is -0.172. The molecule has 1 heterocycles. The molecule has 0 bridgehead atoms. The Kier molecular flexibility index (Phi) is 5.37. The maximum absolute atomic E-state index is 12.6. The van der Waals surface area contributed by atoms with Crippen molar-refractivity contribution < 1.29 is 4.79 Å². The van der Waals surface area contributed by atoms with E-state index in [1.54, 1.807) is 6.20 Å². The average molecular weight is 311 g/mol. The molecule has 1 N–H and O–H groups in total. The number of aromatic nitrogens is 1. The molecule has 2 rings (SSSR count). The highest BCUT2D eigenvalue weighted by Crippen LogP contribution is 2.23. The number of nitrogens with one attached hydrogen (secondary N) is 1. The summed E-state index contributed by atoms with van der Waals surface area (Å²) in [7, 11) is 0. The van der Waals surface area contributed by atoms with E-state index in [1.165, 1.54) is 5.56 Å². The quantitative estimate of drug-likeness (QED) is 0.904. The fourth-order valence-electron chi connectivity index (χ4n) is 2.88. The Labute approximate surface area is 138 Å². The second kappa shape index (κ2) is 7.27. The molecule has 0 fully saturated rings. The lowest BCUT2D eigenvalue weighted by Gasteiger charge is -2.21. The average Bonchev–Trinajstić information content (AvgIpc) is 2.52. The van der Waals surface area contributed by atoms with Crippen LogP contribution in [0.3, 0.4) is 0 Å². The number of carbonyl (C=O) groups excluding carboxylic acids is 1. The van der Waals surface area contributed by atoms with Gasteiger partial charge in [-0.25, -0.2) is 0 Å². The van der Waals surface area contributed by atoms with Gasteiger partial charge in [-0.1, -0.05) is 17.7 Å². The predicted molar refractivity (Wildman–Crippen MR) is 96.4 cm³/mol. The van der Waals surface area contributed by atoms with Gasteiger partial charge in [-0.05, 0) is 57.9 Å². The number of aryl methyl sites for hydroxylation is 3. The van der Waals surface area contributed by atoms with Gasteiger partial charge in [-0.2, -0.15) is 0 Å². The van der Waals surface area contributed by atoms with Crippen LogP contribution in [0.15, 0.2) is 30.5 Å². The van der Waals surface area contributed by atoms with Crippen LogP contribution in [0.4, 0.5) is 11.4 Å². The first-order chi connectivity index (χ1) is 11.0. The standard InChI is InChI=1S/C19H25N3O/c1-6-22(7-2)16-8-9-20-17(12-16)19(23)21-18-14(4)10-13(3)11-15(18)5/h8-12H,6-7H2,1-5H3,(H,21,23). The Morgan fingerprint density at radius 3 is 2.26 bits per heavy atom. The minimum Gasteiger partial charge on any atom is -0.372 e. The molecule has 0 spiro atoms. The van der Waals surface area contributed by atoms with Crippen LogP contribution in [0.25, 0.3) is 0 Å². The lowest BCUT2D eigenvalue weighted by atomic mass is 10.0. The van der Waals surface area contributed by atoms with Crippen LogP contribution >= 0.6 is 0 Å². The molecular weight excluding hydrogens is 286 g/mol. The van der Waals surface area contributed by atoms with Crippen LogP contribution in [0.2, 0.25) is 0 Å². The third-order valence-corrected chi connectivity index (χ3v) is 4.02. The third kappa shape index (κ3) is 3.89. The second-order valence-electron chi connectivity index (χ2n) is 5.80. The number of nitrogens with zero attached hydrogens (tertiary/aromatic N) is 2. The molecule has 4 nitrogen and oxygen atoms in total. The van der Waals surface area contributed by atoms with E-state index in [-0.39, 0.29) is 5.91 Å². The number of anilines is 2. The molecule has 1 aromatic heterocycles. The van der Waals surface area contributed by atoms with E-state index in [9.17, 15) is 4.79 Å². The van der Waals surface area contributed by atoms with Gasteiger partial charge in [0.1, 0.15) is 5.69 Å². The number of rotatable bonds is 5. The molecule has 1 amide bonds. The van der Waals surface area contributed by atoms with Crippen molar-refractivity contribution in [3.05, 3.63) is 52.8 Å². The topological polar surface area (TPSA) is 45.2 Å². The minimum absolute atomic E-state index is 0.172. The number of benzene rings is 1. The molecule has 0 aliphatic rings. The van der Waals surface area contributed by atoms with Gasteiger partial charge in [0.2, 0.25) is 0 Å². The summed E-state index contributed by atoms with van der Waals surface area (Å²) in [4.78, 5) is 19.0. The van der Waals surface area contributed by atoms with Gasteiger partial charge < -0.3 is 10.2 Å². The highest BCUT2D eigenvalue weighted by atomic mass is 16.1. The van der Waals surface area contributed by atoms with Gasteiger partial charge in [0.05, 0.1) is 0 Å². The Hall–Kier alpha value is -2.36. The fraction of sp³-hybridized carbons (Fsp3) is 0.368. The zero-order valence-electron chi connectivity index (χ0n) is 14.6. The van der Waals surface area contributed by atoms with E-state index in [0.29, 0.717) is 5.69 Å². The van der Waals surface area contributed by atoms with Crippen LogP contribution in [-0.2, 0) is 0 Å². The molecule has 4 heteroatoms. The van der Waals surface area contributed by atoms with Crippen molar-refractivity contribution in [1.82, 2.24) is 4.98 Å². The van der Waals surface area contributed by atoms with Crippen LogP contribution in [-0.4, -0.2) is 24.0 Å². The van der Waals surface area contributed by atoms with Gasteiger partial charge in [0.15, 0.2) is 0 Å². The Bertz CT molecular complexity index is 683. The van der Waals surface area contributed by atoms with E-state index in [1.807, 2.05) is 26.0 Å². The molecule has 23 heavy (non-hydrogen) atoms. The summed E-state index contributed by atoms with van der Waals surface area (Å²) in [6.07, 6.45) is 1.69. The van der Waals surface area contributed by atoms with Gasteiger partial charge in [0.25, 0.3) is 5.91 Å². The van der Waals surface area contributed by atoms with Crippen molar-refractivity contribution in [2.24, 2.45) is 0 Å². The minimum atomic E-state index is -0.172. The molecule has 1 aromatic carbocycles. The van der Waals surface area contributed by atoms with E-state index in [4.69, 9.17) is 0 Å². The molecule has 0 saturated heterocycles. The summed E-state index contributed by atoms with van der Waals surface area (Å²) < 4.78 is 0. The first-order valence-electron chi connectivity index (χ1n) is 8.06. The zero-order valence-corrected chi connectivity index (χ0v) is 14.6. The molecule has 0 radical (unpaired) electrons. The van der Waals surface area contributed by atoms with Gasteiger partial charge in [-0.15, -0.1) is 0 Å². The van der Waals surface area contributed by atoms with Crippen LogP contribution < -0.4 is 10.2 Å². The summed E-state index contributed by atoms with van der Waals surface area (Å²) in [5.41, 5.74) is 5.66. The molecule has 0 aliphatic carbocycles. The zero-order chi connectivity index (χ0) is 17.0. The maximum atomic E-state index is 12.6. The monoisotopic (exact) mass is 311 g/mol. The molecule has 2 aromatic rings. The first-order valence-corrected chi connectivity index (χ1v) is 8.06. The number of pyridine rings is 1. The largest absolute Gasteiger partial charge is 0.372 e. The molecule has 122 valence electrons. The van der Waals surface area contributed by atoms with Crippen molar-refractivity contribution in [3.63, 3.8) is 0 Å². The number of hydrogen-bond acceptors (Lipinski definition) is 3. The SMILES string of the molecule is CCN(CC)c1ccnc(C(=O)Nc2c(C)cc(C)cc2C)c1. The van der Waals surface area contributed by atoms with Crippen molar-refractivity contribution in [2.45, 2.75) is 34.6 Å². The van der Waals surface area contributed by atoms with Crippen molar-refractivity contribution in [2.75, 3.05) is 23.3 Å². The lowest BCUT2D eigenvalue weighted by molar-refractivity contribution is 0.102. The van der Waals surface area contributed by atoms with E-state index >= 15 is 0 Å². The molecular formula is C19H25N3O. The van der Waals surface area contributed by atoms with E-state index < -0.39 is 0 Å². The smallest absolute Gasteiger partial charge is 0.274 e. The Morgan fingerprint density at radius 1 is 1.09 bits per heavy atom. The van der Waals surface area contributed by atoms with Crippen molar-refractivity contribution in [1.29, 1.82) is 0 Å². The molecule has 0 aliphatic heterocycles. The summed E-state index contributed by atoms with van der Waals surface area (Å²) in [6, 6.07) is 7.93. The number of amides is 1. The molecule has 0 atom stereocenters. The lowest BCUT2D eigenvalue weighted by Crippen LogP contribution is -2.23. The molecule has 0 saturated carbocycles. The highest BCUT2D eigenvalue weighted by molar-refractivity contribution is 6.04. The maximum Gasteiger partial charge on any atom is 0.274 e. The number of carbonyl (C=O) groups is 1. The third-order valence-electron chi connectivity index (χ3n) is 4.02. The first kappa shape index (κ1) is 17.0. The highest BCUT2D eigenvalue weighted by Gasteiger charge is 2.13. The van der Waals surface area contributed by atoms with Gasteiger partial charge in [-0.3, -0.25) is 9.78 Å². The van der Waals surface area contributed by atoms with Gasteiger partial charge in [0, 0.05) is 30.7 Å². The van der Waals surface area contributed by atoms with Crippen molar-refractivity contribution >= 4 is 17.3 Å². The molecule has 0 unspecified atom stereocenters. The fourth-order valence-corrected chi connectivity index (χ4v) is 2.88. The summed E-state index contributed by atoms with van der Waals surface area (Å²) in [6.45, 7) is 12.1. The summed E-state index contributed by atoms with van der Waals surface area (Å²) >= 11 is 0. The Balaban J connectivity index is 2.27. The van der Waals surface area contributed by atoms with Crippen molar-refractivity contribution in [3.8, 4) is 0 Å². The van der Waals surface area contributed by atoms with Gasteiger partial charge >= 0.3 is 0 Å². The van der Waals surface area contributed by atoms with E-state index in [2.05, 4.69) is 48.1 Å². The number of hydrogen-bond donors (Lipinski definition) is 1. The van der Waals surface area contributed by atoms with E-state index in [0.717, 1.165) is 35.6 Å². The Morgan fingerprint density at radius 2 is 1.70 bits per heavy atom. The summed E-state index contributed by atoms with van der Waals surface area (Å²) in [5, 5.41) is 3.00. The predicted octanol–water partition coefficient (Wildman–Crippen LogP) is 4.11. The second-order valence-corrected chi connectivity index (χ2v) is 5.80. The van der Waals surface area contributed by atoms with Crippen LogP contribution in [0.1, 0.15) is 41.0 Å². The van der Waals surface area contributed by atoms with Crippen LogP contribution in [0.5, 0.6) is 0 Å². The normalized spacial score (nSPS) is 10.5.